The number of aromatic nitrogens is 3. The van der Waals surface area contributed by atoms with Crippen molar-refractivity contribution in [3.05, 3.63) is 58.2 Å². The zero-order chi connectivity index (χ0) is 45.3. The first kappa shape index (κ1) is 45.7. The van der Waals surface area contributed by atoms with Crippen LogP contribution < -0.4 is 10.7 Å². The molecule has 8 rings (SSSR count). The summed E-state index contributed by atoms with van der Waals surface area (Å²) in [5.74, 6) is -1.17. The number of ether oxygens (including phenoxy) is 2. The van der Waals surface area contributed by atoms with Gasteiger partial charge in [0, 0.05) is 98.9 Å². The number of carbonyl (C=O) groups excluding carboxylic acids is 4. The number of methoxy groups -OCH3 is 1. The predicted octanol–water partition coefficient (Wildman–Crippen LogP) is 6.06. The first-order chi connectivity index (χ1) is 30.8. The van der Waals surface area contributed by atoms with Crippen molar-refractivity contribution in [1.82, 2.24) is 45.0 Å². The average molecular weight is 896 g/mol. The monoisotopic (exact) mass is 895 g/mol. The Labute approximate surface area is 380 Å². The van der Waals surface area contributed by atoms with E-state index in [1.807, 2.05) is 30.3 Å². The Morgan fingerprint density at radius 2 is 1.84 bits per heavy atom. The first-order valence-corrected chi connectivity index (χ1v) is 24.0. The number of cyclic esters (lactones) is 1. The van der Waals surface area contributed by atoms with Crippen LogP contribution in [0.1, 0.15) is 88.6 Å². The molecule has 16 heteroatoms. The summed E-state index contributed by atoms with van der Waals surface area (Å²) in [7, 11) is 5.46. The molecule has 0 spiro atoms. The molecule has 15 nitrogen and oxygen atoms in total. The van der Waals surface area contributed by atoms with Gasteiger partial charge in [-0.15, -0.1) is 11.3 Å². The van der Waals surface area contributed by atoms with E-state index in [1.165, 1.54) is 16.3 Å². The van der Waals surface area contributed by atoms with Crippen LogP contribution in [0.15, 0.2) is 41.9 Å². The largest absolute Gasteiger partial charge is 0.464 e. The number of carbonyl (C=O) groups is 4. The number of hydrogen-bond donors (Lipinski definition) is 2. The van der Waals surface area contributed by atoms with E-state index < -0.39 is 29.5 Å². The average Bonchev–Trinajstić information content (AvgIpc) is 4.07. The minimum atomic E-state index is -1.01. The van der Waals surface area contributed by atoms with Crippen molar-refractivity contribution in [1.29, 1.82) is 0 Å². The van der Waals surface area contributed by atoms with Gasteiger partial charge in [-0.05, 0) is 88.7 Å². The summed E-state index contributed by atoms with van der Waals surface area (Å²) in [5, 5.41) is 8.39. The third-order valence-corrected chi connectivity index (χ3v) is 14.6. The molecule has 0 radical (unpaired) electrons. The molecular formula is C48H65N9O6S. The topological polar surface area (TPSA) is 154 Å². The number of fused-ring (bicyclic) bond motifs is 6. The molecule has 344 valence electrons. The number of esters is 1. The van der Waals surface area contributed by atoms with E-state index in [0.29, 0.717) is 50.4 Å². The number of benzene rings is 1. The van der Waals surface area contributed by atoms with Crippen LogP contribution in [0.2, 0.25) is 0 Å². The molecule has 1 saturated carbocycles. The molecule has 4 atom stereocenters. The molecule has 4 aromatic rings. The number of aryl methyl sites for hydroxylation is 1. The molecule has 1 aliphatic carbocycles. The van der Waals surface area contributed by atoms with Crippen LogP contribution >= 0.6 is 11.3 Å². The second-order valence-electron chi connectivity index (χ2n) is 18.9. The third kappa shape index (κ3) is 9.42. The Balaban J connectivity index is 1.18. The summed E-state index contributed by atoms with van der Waals surface area (Å²) < 4.78 is 14.3. The highest BCUT2D eigenvalue weighted by molar-refractivity contribution is 7.10. The van der Waals surface area contributed by atoms with Crippen LogP contribution in [-0.4, -0.2) is 137 Å². The van der Waals surface area contributed by atoms with Crippen molar-refractivity contribution < 1.29 is 28.7 Å². The number of nitrogens with zero attached hydrogens (tertiary/aromatic N) is 7. The summed E-state index contributed by atoms with van der Waals surface area (Å²) in [6.45, 7) is 12.3. The quantitative estimate of drug-likeness (QED) is 0.200. The number of urea groups is 1. The Morgan fingerprint density at radius 1 is 1.08 bits per heavy atom. The number of pyridine rings is 1. The van der Waals surface area contributed by atoms with Crippen LogP contribution in [0.25, 0.3) is 33.4 Å². The number of hydrazine groups is 1. The molecular weight excluding hydrogens is 831 g/mol. The van der Waals surface area contributed by atoms with Gasteiger partial charge in [0.15, 0.2) is 0 Å². The fraction of sp³-hybridized carbons (Fsp3) is 0.583. The van der Waals surface area contributed by atoms with Crippen LogP contribution in [0.5, 0.6) is 0 Å². The Hall–Kier alpha value is -4.90. The van der Waals surface area contributed by atoms with E-state index in [-0.39, 0.29) is 42.9 Å². The minimum Gasteiger partial charge on any atom is -0.464 e. The van der Waals surface area contributed by atoms with Gasteiger partial charge in [0.05, 0.1) is 34.8 Å². The molecule has 2 N–H and O–H groups in total. The Bertz CT molecular complexity index is 2350. The molecule has 4 aliphatic rings. The number of rotatable bonds is 8. The van der Waals surface area contributed by atoms with Crippen LogP contribution in [0.4, 0.5) is 4.79 Å². The molecule has 6 heterocycles. The van der Waals surface area contributed by atoms with Crippen molar-refractivity contribution in [2.45, 2.75) is 110 Å². The van der Waals surface area contributed by atoms with Crippen molar-refractivity contribution in [2.75, 3.05) is 60.5 Å². The maximum atomic E-state index is 14.7. The third-order valence-electron chi connectivity index (χ3n) is 13.8. The van der Waals surface area contributed by atoms with Gasteiger partial charge in [0.2, 0.25) is 5.91 Å². The summed E-state index contributed by atoms with van der Waals surface area (Å²) in [6.07, 6.45) is 6.98. The molecule has 4 amide bonds. The van der Waals surface area contributed by atoms with E-state index in [2.05, 4.69) is 65.2 Å². The second kappa shape index (κ2) is 19.3. The maximum absolute atomic E-state index is 14.7. The van der Waals surface area contributed by atoms with Gasteiger partial charge < -0.3 is 34.1 Å². The standard InChI is InChI=1S/C48H65N9O6S/c1-8-56-39-18-17-32-25-34(39)35(43(56)33-15-11-19-49-41(33)30(2)62-7)27-48(3,4)29-63-46(60)36-16-12-20-57(52-36)45(59)37(26-40-50-38(32)28-64-40)51-44(58)42(31-13-9-10-14-31)54(6)47(61)55-23-21-53(5)22-24-55/h11,15,17-19,25,28,30-31,36-37,42,52H,8-10,12-14,16,20-24,26-27,29H2,1-7H3,(H,51,58)/t30-,36-,37-,42-/m0/s1. The van der Waals surface area contributed by atoms with E-state index in [4.69, 9.17) is 19.4 Å². The van der Waals surface area contributed by atoms with Crippen LogP contribution in [-0.2, 0) is 43.2 Å². The van der Waals surface area contributed by atoms with Crippen LogP contribution in [0, 0.1) is 11.3 Å². The highest BCUT2D eigenvalue weighted by atomic mass is 32.1. The van der Waals surface area contributed by atoms with Gasteiger partial charge >= 0.3 is 12.0 Å². The molecule has 1 aromatic carbocycles. The number of hydrogen-bond acceptors (Lipinski definition) is 11. The molecule has 3 fully saturated rings. The van der Waals surface area contributed by atoms with E-state index >= 15 is 0 Å². The number of thiazole rings is 1. The smallest absolute Gasteiger partial charge is 0.324 e. The molecule has 3 aromatic heterocycles. The lowest BCUT2D eigenvalue weighted by atomic mass is 9.84. The van der Waals surface area contributed by atoms with E-state index in [1.54, 1.807) is 25.3 Å². The van der Waals surface area contributed by atoms with Gasteiger partial charge in [-0.25, -0.2) is 15.2 Å². The van der Waals surface area contributed by atoms with Gasteiger partial charge in [0.25, 0.3) is 5.91 Å². The molecule has 0 unspecified atom stereocenters. The minimum absolute atomic E-state index is 0.0327. The lowest BCUT2D eigenvalue weighted by Gasteiger charge is -2.39. The highest BCUT2D eigenvalue weighted by Crippen LogP contribution is 2.42. The Morgan fingerprint density at radius 3 is 2.58 bits per heavy atom. The Kier molecular flexibility index (Phi) is 13.8. The summed E-state index contributed by atoms with van der Waals surface area (Å²) in [4.78, 5) is 72.9. The molecule has 2 saturated heterocycles. The molecule has 3 aliphatic heterocycles. The number of amides is 4. The van der Waals surface area contributed by atoms with Crippen molar-refractivity contribution >= 4 is 46.1 Å². The van der Waals surface area contributed by atoms with Gasteiger partial charge in [0.1, 0.15) is 18.1 Å². The number of piperazine rings is 1. The fourth-order valence-corrected chi connectivity index (χ4v) is 11.0. The predicted molar refractivity (Wildman–Crippen MR) is 247 cm³/mol. The first-order valence-electron chi connectivity index (χ1n) is 23.1. The SMILES string of the molecule is CCn1c(-c2cccnc2[C@H](C)OC)c2c3cc(ccc31)-c1csc(n1)C[C@H](NC(=O)[C@H](C1CCCC1)N(C)C(=O)N1CCN(C)CC1)C(=O)N1CCC[C@H](N1)C(=O)OCC(C)(C)C2. The van der Waals surface area contributed by atoms with Gasteiger partial charge in [-0.2, -0.15) is 0 Å². The number of nitrogens with one attached hydrogen (secondary N) is 2. The van der Waals surface area contributed by atoms with Crippen molar-refractivity contribution in [2.24, 2.45) is 11.3 Å². The lowest BCUT2D eigenvalue weighted by molar-refractivity contribution is -0.155. The number of likely N-dealkylation sites (N-methyl/N-ethyl adjacent to an activating group) is 2. The summed E-state index contributed by atoms with van der Waals surface area (Å²) >= 11 is 1.45. The highest BCUT2D eigenvalue weighted by Gasteiger charge is 2.41. The zero-order valence-corrected chi connectivity index (χ0v) is 39.3. The summed E-state index contributed by atoms with van der Waals surface area (Å²) in [6, 6.07) is 7.83. The normalized spacial score (nSPS) is 22.2. The molecule has 6 bridgehead atoms. The van der Waals surface area contributed by atoms with Gasteiger partial charge in [-0.1, -0.05) is 32.8 Å². The maximum Gasteiger partial charge on any atom is 0.324 e. The van der Waals surface area contributed by atoms with E-state index in [9.17, 15) is 19.2 Å². The van der Waals surface area contributed by atoms with Crippen LogP contribution in [0.3, 0.4) is 0 Å². The molecule has 64 heavy (non-hydrogen) atoms. The lowest BCUT2D eigenvalue weighted by Crippen LogP contribution is -2.63. The van der Waals surface area contributed by atoms with Crippen molar-refractivity contribution in [3.63, 3.8) is 0 Å². The van der Waals surface area contributed by atoms with Crippen molar-refractivity contribution in [3.8, 4) is 22.5 Å². The van der Waals surface area contributed by atoms with E-state index in [0.717, 1.165) is 83.4 Å². The zero-order valence-electron chi connectivity index (χ0n) is 38.5. The second-order valence-corrected chi connectivity index (χ2v) is 19.9. The summed E-state index contributed by atoms with van der Waals surface area (Å²) in [5.41, 5.74) is 9.49. The fourth-order valence-electron chi connectivity index (χ4n) is 10.1. The van der Waals surface area contributed by atoms with Gasteiger partial charge in [-0.3, -0.25) is 24.4 Å².